The fourth-order valence-corrected chi connectivity index (χ4v) is 4.16. The molecule has 0 radical (unpaired) electrons. The van der Waals surface area contributed by atoms with Gasteiger partial charge in [0.1, 0.15) is 0 Å². The quantitative estimate of drug-likeness (QED) is 0.857. The Hall–Kier alpha value is -1.06. The lowest BCUT2D eigenvalue weighted by Gasteiger charge is -2.38. The zero-order valence-electron chi connectivity index (χ0n) is 13.7. The summed E-state index contributed by atoms with van der Waals surface area (Å²) >= 11 is 0. The Balaban J connectivity index is 2.00. The molecule has 1 fully saturated rings. The molecule has 0 amide bonds. The number of nitrogens with zero attached hydrogens (tertiary/aromatic N) is 1. The normalized spacial score (nSPS) is 30.8. The molecule has 0 aromatic heterocycles. The molecule has 2 aliphatic heterocycles. The second-order valence-electron chi connectivity index (χ2n) is 7.69. The molecule has 2 unspecified atom stereocenters. The first-order valence-electron chi connectivity index (χ1n) is 8.11. The van der Waals surface area contributed by atoms with Crippen molar-refractivity contribution in [3.8, 4) is 0 Å². The Bertz CT molecular complexity index is 524. The van der Waals surface area contributed by atoms with E-state index >= 15 is 0 Å². The molecule has 3 heteroatoms. The summed E-state index contributed by atoms with van der Waals surface area (Å²) in [6.07, 6.45) is 3.26. The molecule has 0 spiro atoms. The molecule has 1 aromatic rings. The molecule has 21 heavy (non-hydrogen) atoms. The predicted octanol–water partition coefficient (Wildman–Crippen LogP) is 3.63. The van der Waals surface area contributed by atoms with Crippen molar-refractivity contribution in [2.75, 3.05) is 11.4 Å². The summed E-state index contributed by atoms with van der Waals surface area (Å²) in [4.78, 5) is 2.55. The maximum absolute atomic E-state index is 6.37. The number of para-hydroxylation sites is 1. The number of nitrogens with two attached hydrogens (primary N) is 1. The van der Waals surface area contributed by atoms with E-state index in [-0.39, 0.29) is 17.2 Å². The fraction of sp³-hybridized carbons (Fsp3) is 0.667. The van der Waals surface area contributed by atoms with Crippen molar-refractivity contribution >= 4 is 5.69 Å². The Kier molecular flexibility index (Phi) is 3.53. The van der Waals surface area contributed by atoms with Crippen molar-refractivity contribution in [2.24, 2.45) is 5.73 Å². The van der Waals surface area contributed by atoms with E-state index in [9.17, 15) is 0 Å². The highest BCUT2D eigenvalue weighted by Gasteiger charge is 2.49. The van der Waals surface area contributed by atoms with Gasteiger partial charge in [-0.3, -0.25) is 0 Å². The van der Waals surface area contributed by atoms with Crippen LogP contribution in [0.2, 0.25) is 0 Å². The molecule has 116 valence electrons. The summed E-state index contributed by atoms with van der Waals surface area (Å²) in [5, 5.41) is 0. The van der Waals surface area contributed by atoms with Crippen LogP contribution in [0.4, 0.5) is 5.69 Å². The van der Waals surface area contributed by atoms with Crippen LogP contribution in [0.1, 0.15) is 58.6 Å². The summed E-state index contributed by atoms with van der Waals surface area (Å²) in [7, 11) is 0. The molecule has 3 rings (SSSR count). The number of hydrogen-bond donors (Lipinski definition) is 1. The Morgan fingerprint density at radius 3 is 2.57 bits per heavy atom. The number of fused-ring (bicyclic) bond motifs is 1. The molecule has 0 bridgehead atoms. The summed E-state index contributed by atoms with van der Waals surface area (Å²) in [5.41, 5.74) is 8.77. The van der Waals surface area contributed by atoms with E-state index in [2.05, 4.69) is 56.9 Å². The second-order valence-corrected chi connectivity index (χ2v) is 7.69. The summed E-state index contributed by atoms with van der Waals surface area (Å²) < 4.78 is 6.31. The average Bonchev–Trinajstić information content (AvgIpc) is 2.53. The number of ether oxygens (including phenoxy) is 1. The molecule has 2 aliphatic rings. The van der Waals surface area contributed by atoms with Crippen LogP contribution in [0.15, 0.2) is 24.3 Å². The lowest BCUT2D eigenvalue weighted by molar-refractivity contribution is -0.0679. The second kappa shape index (κ2) is 4.99. The van der Waals surface area contributed by atoms with E-state index in [1.54, 1.807) is 0 Å². The van der Waals surface area contributed by atoms with Gasteiger partial charge in [-0.05, 0) is 58.6 Å². The highest BCUT2D eigenvalue weighted by molar-refractivity contribution is 5.57. The molecule has 2 atom stereocenters. The van der Waals surface area contributed by atoms with Gasteiger partial charge in [0.2, 0.25) is 0 Å². The van der Waals surface area contributed by atoms with Crippen molar-refractivity contribution in [3.63, 3.8) is 0 Å². The molecule has 2 heterocycles. The standard InChI is InChI=1S/C18H28N2O/c1-17(2)12-16(18(3,4)21-17)20-11-7-9-14(19)13-8-5-6-10-15(13)20/h5-6,8,10,14,16H,7,9,11-12,19H2,1-4H3. The van der Waals surface area contributed by atoms with Gasteiger partial charge in [0, 0.05) is 18.3 Å². The van der Waals surface area contributed by atoms with Crippen LogP contribution in [0.3, 0.4) is 0 Å². The van der Waals surface area contributed by atoms with Gasteiger partial charge in [0.15, 0.2) is 0 Å². The number of benzene rings is 1. The van der Waals surface area contributed by atoms with Crippen LogP contribution in [-0.2, 0) is 4.74 Å². The van der Waals surface area contributed by atoms with Crippen LogP contribution < -0.4 is 10.6 Å². The first kappa shape index (κ1) is 14.9. The number of rotatable bonds is 1. The third kappa shape index (κ3) is 2.69. The molecular weight excluding hydrogens is 260 g/mol. The van der Waals surface area contributed by atoms with Crippen LogP contribution >= 0.6 is 0 Å². The van der Waals surface area contributed by atoms with E-state index in [1.807, 2.05) is 0 Å². The van der Waals surface area contributed by atoms with Crippen LogP contribution in [0.25, 0.3) is 0 Å². The van der Waals surface area contributed by atoms with Gasteiger partial charge in [0.25, 0.3) is 0 Å². The third-order valence-electron chi connectivity index (χ3n) is 4.96. The van der Waals surface area contributed by atoms with Crippen molar-refractivity contribution < 1.29 is 4.74 Å². The van der Waals surface area contributed by atoms with E-state index in [1.165, 1.54) is 11.3 Å². The predicted molar refractivity (Wildman–Crippen MR) is 87.6 cm³/mol. The molecule has 2 N–H and O–H groups in total. The minimum Gasteiger partial charge on any atom is -0.367 e. The van der Waals surface area contributed by atoms with E-state index in [4.69, 9.17) is 10.5 Å². The zero-order chi connectivity index (χ0) is 15.3. The Morgan fingerprint density at radius 1 is 1.19 bits per heavy atom. The molecular formula is C18H28N2O. The van der Waals surface area contributed by atoms with Gasteiger partial charge >= 0.3 is 0 Å². The van der Waals surface area contributed by atoms with Crippen molar-refractivity contribution in [1.82, 2.24) is 0 Å². The van der Waals surface area contributed by atoms with Gasteiger partial charge in [-0.1, -0.05) is 18.2 Å². The maximum Gasteiger partial charge on any atom is 0.0837 e. The van der Waals surface area contributed by atoms with Crippen LogP contribution in [0, 0.1) is 0 Å². The maximum atomic E-state index is 6.37. The van der Waals surface area contributed by atoms with Gasteiger partial charge in [-0.25, -0.2) is 0 Å². The topological polar surface area (TPSA) is 38.5 Å². The first-order valence-corrected chi connectivity index (χ1v) is 8.11. The van der Waals surface area contributed by atoms with Gasteiger partial charge in [-0.2, -0.15) is 0 Å². The average molecular weight is 288 g/mol. The monoisotopic (exact) mass is 288 g/mol. The van der Waals surface area contributed by atoms with E-state index in [0.29, 0.717) is 6.04 Å². The summed E-state index contributed by atoms with van der Waals surface area (Å²) in [6.45, 7) is 9.91. The largest absolute Gasteiger partial charge is 0.367 e. The van der Waals surface area contributed by atoms with Crippen molar-refractivity contribution in [1.29, 1.82) is 0 Å². The highest BCUT2D eigenvalue weighted by Crippen LogP contribution is 2.44. The van der Waals surface area contributed by atoms with E-state index < -0.39 is 0 Å². The minimum absolute atomic E-state index is 0.0580. The van der Waals surface area contributed by atoms with Gasteiger partial charge in [0.05, 0.1) is 17.2 Å². The highest BCUT2D eigenvalue weighted by atomic mass is 16.5. The lowest BCUT2D eigenvalue weighted by atomic mass is 9.92. The van der Waals surface area contributed by atoms with Gasteiger partial charge < -0.3 is 15.4 Å². The number of hydrogen-bond acceptors (Lipinski definition) is 3. The first-order chi connectivity index (χ1) is 9.80. The minimum atomic E-state index is -0.134. The zero-order valence-corrected chi connectivity index (χ0v) is 13.7. The fourth-order valence-electron chi connectivity index (χ4n) is 4.16. The summed E-state index contributed by atoms with van der Waals surface area (Å²) in [6, 6.07) is 9.19. The molecule has 3 nitrogen and oxygen atoms in total. The number of anilines is 1. The molecule has 0 aliphatic carbocycles. The SMILES string of the molecule is CC1(C)CC(N2CCCC(N)c3ccccc32)C(C)(C)O1. The Morgan fingerprint density at radius 2 is 1.90 bits per heavy atom. The Labute approximate surface area is 128 Å². The van der Waals surface area contributed by atoms with Crippen molar-refractivity contribution in [3.05, 3.63) is 29.8 Å². The molecule has 0 saturated carbocycles. The lowest BCUT2D eigenvalue weighted by Crippen LogP contribution is -2.47. The van der Waals surface area contributed by atoms with Crippen LogP contribution in [0.5, 0.6) is 0 Å². The van der Waals surface area contributed by atoms with E-state index in [0.717, 1.165) is 25.8 Å². The molecule has 1 saturated heterocycles. The van der Waals surface area contributed by atoms with Crippen molar-refractivity contribution in [2.45, 2.75) is 70.2 Å². The van der Waals surface area contributed by atoms with Gasteiger partial charge in [-0.15, -0.1) is 0 Å². The summed E-state index contributed by atoms with van der Waals surface area (Å²) in [5.74, 6) is 0. The van der Waals surface area contributed by atoms with Crippen LogP contribution in [-0.4, -0.2) is 23.8 Å². The third-order valence-corrected chi connectivity index (χ3v) is 4.96. The molecule has 1 aromatic carbocycles. The smallest absolute Gasteiger partial charge is 0.0837 e.